The van der Waals surface area contributed by atoms with Crippen LogP contribution in [0.2, 0.25) is 0 Å². The fourth-order valence-corrected chi connectivity index (χ4v) is 10.1. The number of hydrogen-bond acceptors (Lipinski definition) is 31. The summed E-state index contributed by atoms with van der Waals surface area (Å²) < 4.78 is 136. The third-order valence-corrected chi connectivity index (χ3v) is 13.1. The second-order valence-electron chi connectivity index (χ2n) is 23.6. The van der Waals surface area contributed by atoms with Crippen LogP contribution in [0.1, 0.15) is 127 Å². The van der Waals surface area contributed by atoms with Crippen LogP contribution in [-0.4, -0.2) is 39.7 Å². The van der Waals surface area contributed by atoms with Crippen LogP contribution >= 0.6 is 0 Å². The van der Waals surface area contributed by atoms with Crippen molar-refractivity contribution in [1.82, 2.24) is 39.7 Å². The molecule has 10 rings (SSSR count). The fraction of sp³-hybridized carbons (Fsp3) is 0.256. The maximum absolute atomic E-state index is 8.49. The van der Waals surface area contributed by atoms with E-state index >= 15 is 0 Å². The predicted octanol–water partition coefficient (Wildman–Crippen LogP) is -0.0365. The van der Waals surface area contributed by atoms with Gasteiger partial charge in [0.2, 0.25) is 0 Å². The van der Waals surface area contributed by atoms with E-state index in [1.54, 1.807) is 42.5 Å². The van der Waals surface area contributed by atoms with Gasteiger partial charge >= 0.3 is 39.0 Å². The summed E-state index contributed by atoms with van der Waals surface area (Å²) in [6.45, 7) is 31.3. The van der Waals surface area contributed by atoms with E-state index in [1.165, 1.54) is 93.0 Å². The number of rotatable bonds is 16. The van der Waals surface area contributed by atoms with Crippen LogP contribution in [-0.2, 0) is 78.2 Å². The third-order valence-electron chi connectivity index (χ3n) is 13.1. The first kappa shape index (κ1) is 117. The molecule has 0 fully saturated rings. The van der Waals surface area contributed by atoms with E-state index in [9.17, 15) is 0 Å². The zero-order valence-electron chi connectivity index (χ0n) is 68.4. The first-order valence-corrected chi connectivity index (χ1v) is 38.7. The summed E-state index contributed by atoms with van der Waals surface area (Å²) in [5.74, 6) is 0. The average Bonchev–Trinajstić information content (AvgIpc) is 0.806. The molecule has 0 radical (unpaired) electrons. The Balaban J connectivity index is -0.000000493. The van der Waals surface area contributed by atoms with Gasteiger partial charge in [0, 0.05) is 122 Å². The molecule has 0 spiro atoms. The molecule has 6 heterocycles. The second kappa shape index (κ2) is 65.8. The first-order chi connectivity index (χ1) is 54.7. The summed E-state index contributed by atoms with van der Waals surface area (Å²) in [7, 11) is -19.8. The Morgan fingerprint density at radius 1 is 0.244 bits per heavy atom. The van der Waals surface area contributed by atoms with Crippen molar-refractivity contribution in [3.8, 4) is 87.5 Å². The van der Waals surface area contributed by atoms with Gasteiger partial charge in [-0.2, -0.15) is 36.8 Å². The van der Waals surface area contributed by atoms with Gasteiger partial charge in [-0.05, 0) is 177 Å². The Morgan fingerprint density at radius 3 is 0.529 bits per heavy atom. The molecule has 0 aliphatic heterocycles. The molecule has 0 atom stereocenters. The Hall–Kier alpha value is -10.1. The van der Waals surface area contributed by atoms with Crippen molar-refractivity contribution in [2.75, 3.05) is 0 Å². The molecular formula is C82H89Cl4N15O16Zn2. The molecule has 620 valence electrons. The number of nitrogens with zero attached hydrogens (tertiary/aromatic N) is 15. The van der Waals surface area contributed by atoms with Crippen molar-refractivity contribution in [1.29, 1.82) is 36.8 Å². The summed E-state index contributed by atoms with van der Waals surface area (Å²) in [5, 5.41) is 51.2. The van der Waals surface area contributed by atoms with Crippen molar-refractivity contribution in [3.63, 3.8) is 0 Å². The molecule has 6 aromatic heterocycles. The minimum Gasteiger partial charge on any atom is -0.286 e. The number of aromatic nitrogens is 6. The van der Waals surface area contributed by atoms with E-state index in [-0.39, 0.29) is 39.0 Å². The molecule has 119 heavy (non-hydrogen) atoms. The van der Waals surface area contributed by atoms with Crippen LogP contribution in [0.3, 0.4) is 0 Å². The average molecular weight is 1810 g/mol. The van der Waals surface area contributed by atoms with Gasteiger partial charge in [-0.25, -0.2) is 74.5 Å². The molecule has 0 bridgehead atoms. The standard InChI is InChI=1S/2C34H34N4.7C2H3N.4ClHO4.2Zn/c2*1-24-15-25(2)18-28(17-24)33-12-7-10-31(36-33)22-38(21-30-9-5-6-14-35-30)23-32-11-8-13-34(37-32)29-19-26(3)16-27(4)20-29;7*1-2-3;4*2-1(3,4)5;;/h2*5-20H,21-23H2,1-4H3;7*1H3;4*(H,2,3,4,5);;/q;;;;;;;;;;;;;2*+2/p-4. The monoisotopic (exact) mass is 1810 g/mol. The Labute approximate surface area is 729 Å². The van der Waals surface area contributed by atoms with Crippen LogP contribution < -0.4 is 74.5 Å². The number of halogens is 4. The van der Waals surface area contributed by atoms with Gasteiger partial charge in [-0.1, -0.05) is 105 Å². The molecule has 31 nitrogen and oxygen atoms in total. The van der Waals surface area contributed by atoms with Crippen LogP contribution in [0, 0.1) is 176 Å². The number of nitriles is 7. The zero-order chi connectivity index (χ0) is 89.9. The predicted molar refractivity (Wildman–Crippen MR) is 390 cm³/mol. The topological polar surface area (TPSA) is 619 Å². The normalized spacial score (nSPS) is 9.63. The number of pyridine rings is 6. The molecule has 37 heteroatoms. The summed E-state index contributed by atoms with van der Waals surface area (Å²) in [4.78, 5) is 34.1. The maximum atomic E-state index is 8.49. The van der Waals surface area contributed by atoms with E-state index in [1.807, 2.05) is 36.7 Å². The number of hydrogen-bond donors (Lipinski definition) is 0. The van der Waals surface area contributed by atoms with Crippen LogP contribution in [0.25, 0.3) is 45.0 Å². The van der Waals surface area contributed by atoms with Crippen LogP contribution in [0.4, 0.5) is 0 Å². The summed E-state index contributed by atoms with van der Waals surface area (Å²) >= 11 is 0. The summed E-state index contributed by atoms with van der Waals surface area (Å²) in [6, 6.07) is 76.0. The van der Waals surface area contributed by atoms with E-state index < -0.39 is 41.0 Å². The Kier molecular flexibility index (Phi) is 64.9. The van der Waals surface area contributed by atoms with Crippen molar-refractivity contribution >= 4 is 0 Å². The van der Waals surface area contributed by atoms with Crippen molar-refractivity contribution in [2.24, 2.45) is 0 Å². The minimum absolute atomic E-state index is 0. The van der Waals surface area contributed by atoms with E-state index in [0.717, 1.165) is 79.2 Å². The van der Waals surface area contributed by atoms with Gasteiger partial charge < -0.3 is 0 Å². The number of aryl methyl sites for hydroxylation is 8. The Bertz CT molecular complexity index is 4130. The molecule has 0 saturated carbocycles. The molecule has 10 aromatic rings. The zero-order valence-corrected chi connectivity index (χ0v) is 77.3. The summed E-state index contributed by atoms with van der Waals surface area (Å²) in [6.07, 6.45) is 3.71. The summed E-state index contributed by atoms with van der Waals surface area (Å²) in [5.41, 5.74) is 24.8. The van der Waals surface area contributed by atoms with Crippen LogP contribution in [0.5, 0.6) is 0 Å². The fourth-order valence-electron chi connectivity index (χ4n) is 10.1. The van der Waals surface area contributed by atoms with Gasteiger partial charge in [-0.15, -0.1) is 41.0 Å². The van der Waals surface area contributed by atoms with E-state index in [0.29, 0.717) is 39.3 Å². The largest absolute Gasteiger partial charge is 2.00 e. The third kappa shape index (κ3) is 67.5. The van der Waals surface area contributed by atoms with Gasteiger partial charge in [0.1, 0.15) is 0 Å². The molecule has 0 aliphatic carbocycles. The molecule has 0 aliphatic rings. The molecule has 0 amide bonds. The molecule has 0 saturated heterocycles. The maximum Gasteiger partial charge on any atom is 2.00 e. The van der Waals surface area contributed by atoms with Crippen molar-refractivity contribution in [2.45, 2.75) is 143 Å². The molecule has 0 N–H and O–H groups in total. The molecule has 4 aromatic carbocycles. The Morgan fingerprint density at radius 2 is 0.387 bits per heavy atom. The van der Waals surface area contributed by atoms with Crippen molar-refractivity contribution < 1.29 is 154 Å². The van der Waals surface area contributed by atoms with Gasteiger partial charge in [0.25, 0.3) is 0 Å². The van der Waals surface area contributed by atoms with Gasteiger partial charge in [0.15, 0.2) is 0 Å². The SMILES string of the molecule is CC#N.CC#N.CC#N.CC#N.CC#N.CC#N.CC#N.Cc1cc(C)cc(-c2cccc(CN(Cc3ccccn3)Cc3cccc(-c4cc(C)cc(C)c4)n3)n2)c1.Cc1cc(C)cc(-c2cccc(CN(Cc3ccccn3)Cc3cccc(-c4cc(C)cc(C)c4)n3)n2)c1.[O-][Cl+3]([O-])([O-])[O-].[O-][Cl+3]([O-])([O-])[O-].[O-][Cl+3]([O-])([O-])[O-].[O-][Cl+3]([O-])([O-])[O-].[Zn+2].[Zn+2]. The second-order valence-corrected chi connectivity index (χ2v) is 26.6. The molecule has 0 unspecified atom stereocenters. The minimum atomic E-state index is -4.94. The smallest absolute Gasteiger partial charge is 0.286 e. The van der Waals surface area contributed by atoms with E-state index in [4.69, 9.17) is 131 Å². The van der Waals surface area contributed by atoms with Crippen molar-refractivity contribution in [3.05, 3.63) is 273 Å². The van der Waals surface area contributed by atoms with Gasteiger partial charge in [-0.3, -0.25) is 39.7 Å². The first-order valence-electron chi connectivity index (χ1n) is 33.8. The quantitative estimate of drug-likeness (QED) is 0.115. The van der Waals surface area contributed by atoms with E-state index in [2.05, 4.69) is 233 Å². The molecular weight excluding hydrogens is 1720 g/mol. The van der Waals surface area contributed by atoms with Crippen LogP contribution in [0.15, 0.2) is 194 Å². The van der Waals surface area contributed by atoms with Gasteiger partial charge in [0.05, 0.1) is 99.4 Å². The number of benzene rings is 4.